The van der Waals surface area contributed by atoms with Gasteiger partial charge in [0.15, 0.2) is 5.01 Å². The van der Waals surface area contributed by atoms with Crippen LogP contribution in [-0.4, -0.2) is 62.6 Å². The number of aromatic nitrogens is 4. The van der Waals surface area contributed by atoms with Crippen LogP contribution >= 0.6 is 11.3 Å². The van der Waals surface area contributed by atoms with E-state index in [9.17, 15) is 31.6 Å². The molecule has 1 aliphatic heterocycles. The van der Waals surface area contributed by atoms with Crippen LogP contribution in [0, 0.1) is 5.82 Å². The molecule has 0 aliphatic carbocycles. The summed E-state index contributed by atoms with van der Waals surface area (Å²) in [4.78, 5) is 36.3. The van der Waals surface area contributed by atoms with Gasteiger partial charge in [-0.25, -0.2) is 39.8 Å². The molecule has 0 bridgehead atoms. The summed E-state index contributed by atoms with van der Waals surface area (Å²) in [5.74, 6) is -3.07. The zero-order valence-corrected chi connectivity index (χ0v) is 19.4. The maximum absolute atomic E-state index is 15.1. The average Bonchev–Trinajstić information content (AvgIpc) is 3.27. The Morgan fingerprint density at radius 3 is 2.32 bits per heavy atom. The molecule has 0 atom stereocenters. The van der Waals surface area contributed by atoms with Gasteiger partial charge in [0.2, 0.25) is 16.9 Å². The van der Waals surface area contributed by atoms with Crippen molar-refractivity contribution in [2.45, 2.75) is 37.6 Å². The highest BCUT2D eigenvalue weighted by atomic mass is 32.2. The Balaban J connectivity index is 2.02. The molecule has 2 aromatic heterocycles. The number of fused-ring (bicyclic) bond motifs is 1. The van der Waals surface area contributed by atoms with Gasteiger partial charge in [-0.2, -0.15) is 0 Å². The molecule has 4 rings (SSSR count). The fraction of sp³-hybridized carbons (Fsp3) is 0.389. The largest absolute Gasteiger partial charge is 0.376 e. The third kappa shape index (κ3) is 3.52. The highest BCUT2D eigenvalue weighted by Crippen LogP contribution is 2.34. The number of benzene rings is 1. The number of hydrogen-bond acceptors (Lipinski definition) is 9. The van der Waals surface area contributed by atoms with Crippen molar-refractivity contribution in [1.82, 2.24) is 23.6 Å². The molecule has 1 fully saturated rings. The van der Waals surface area contributed by atoms with Crippen LogP contribution in [0.1, 0.15) is 37.0 Å². The number of rotatable bonds is 5. The maximum atomic E-state index is 15.1. The second-order valence-corrected chi connectivity index (χ2v) is 10.5. The van der Waals surface area contributed by atoms with Gasteiger partial charge in [0.1, 0.15) is 16.3 Å². The Bertz CT molecular complexity index is 1510. The van der Waals surface area contributed by atoms with Crippen LogP contribution in [-0.2, 0) is 19.6 Å². The molecule has 182 valence electrons. The molecule has 0 radical (unpaired) electrons. The standard InChI is InChI=1S/C18H16F3N5O6S2/c1-8(27)24-11-4-10(19)13(34(30,31)26(9(2)28)18(3)6-32-7-18)5-12(11)25(17(24)29)16-23-22-15(33-16)14(20)21/h4-5,14H,6-7H2,1-3H3. The number of carbonyl (C=O) groups is 2. The zero-order chi connectivity index (χ0) is 25.2. The molecular weight excluding hydrogens is 503 g/mol. The molecule has 0 spiro atoms. The van der Waals surface area contributed by atoms with Crippen LogP contribution in [0.3, 0.4) is 0 Å². The number of carbonyl (C=O) groups excluding carboxylic acids is 2. The first-order chi connectivity index (χ1) is 15.8. The lowest BCUT2D eigenvalue weighted by atomic mass is 10.0. The van der Waals surface area contributed by atoms with Crippen molar-refractivity contribution in [3.8, 4) is 5.13 Å². The van der Waals surface area contributed by atoms with Crippen molar-refractivity contribution >= 4 is 44.2 Å². The smallest absolute Gasteiger partial charge is 0.342 e. The summed E-state index contributed by atoms with van der Waals surface area (Å²) in [7, 11) is -4.81. The van der Waals surface area contributed by atoms with Gasteiger partial charge in [-0.15, -0.1) is 10.2 Å². The number of hydrogen-bond donors (Lipinski definition) is 0. The van der Waals surface area contributed by atoms with Gasteiger partial charge in [0.25, 0.3) is 16.4 Å². The van der Waals surface area contributed by atoms with Crippen LogP contribution in [0.15, 0.2) is 21.8 Å². The van der Waals surface area contributed by atoms with Crippen LogP contribution in [0.4, 0.5) is 13.2 Å². The molecule has 0 N–H and O–H groups in total. The van der Waals surface area contributed by atoms with Crippen LogP contribution in [0.5, 0.6) is 0 Å². The fourth-order valence-corrected chi connectivity index (χ4v) is 6.23. The third-order valence-electron chi connectivity index (χ3n) is 5.14. The zero-order valence-electron chi connectivity index (χ0n) is 17.8. The van der Waals surface area contributed by atoms with Crippen molar-refractivity contribution in [2.24, 2.45) is 0 Å². The molecule has 1 aliphatic rings. The number of halogens is 3. The summed E-state index contributed by atoms with van der Waals surface area (Å²) in [6.07, 6.45) is -2.99. The molecule has 1 amide bonds. The lowest BCUT2D eigenvalue weighted by molar-refractivity contribution is -0.145. The number of amides is 1. The Morgan fingerprint density at radius 2 is 1.85 bits per heavy atom. The van der Waals surface area contributed by atoms with Gasteiger partial charge in [-0.1, -0.05) is 11.3 Å². The second-order valence-electron chi connectivity index (χ2n) is 7.75. The summed E-state index contributed by atoms with van der Waals surface area (Å²) >= 11 is 0.336. The van der Waals surface area contributed by atoms with E-state index < -0.39 is 55.2 Å². The van der Waals surface area contributed by atoms with Crippen molar-refractivity contribution in [3.05, 3.63) is 33.4 Å². The SMILES string of the molecule is CC(=O)N(C1(C)COC1)S(=O)(=O)c1cc2c(cc1F)n(C(C)=O)c(=O)n2-c1nnc(C(F)F)s1. The van der Waals surface area contributed by atoms with Gasteiger partial charge < -0.3 is 4.74 Å². The summed E-state index contributed by atoms with van der Waals surface area (Å²) in [5.41, 5.74) is -2.98. The van der Waals surface area contributed by atoms with Gasteiger partial charge in [0.05, 0.1) is 24.2 Å². The predicted octanol–water partition coefficient (Wildman–Crippen LogP) is 1.71. The van der Waals surface area contributed by atoms with Crippen molar-refractivity contribution < 1.29 is 35.9 Å². The quantitative estimate of drug-likeness (QED) is 0.498. The minimum absolute atomic E-state index is 0.109. The summed E-state index contributed by atoms with van der Waals surface area (Å²) in [5, 5.41) is 5.72. The highest BCUT2D eigenvalue weighted by molar-refractivity contribution is 7.89. The van der Waals surface area contributed by atoms with E-state index in [1.807, 2.05) is 0 Å². The summed E-state index contributed by atoms with van der Waals surface area (Å²) in [6.45, 7) is 3.23. The predicted molar refractivity (Wildman–Crippen MR) is 111 cm³/mol. The monoisotopic (exact) mass is 519 g/mol. The lowest BCUT2D eigenvalue weighted by Crippen LogP contribution is -2.63. The van der Waals surface area contributed by atoms with Crippen molar-refractivity contribution in [2.75, 3.05) is 13.2 Å². The number of ether oxygens (including phenoxy) is 1. The molecular formula is C18H16F3N5O6S2. The number of sulfonamides is 1. The molecule has 11 nitrogen and oxygen atoms in total. The number of nitrogens with zero attached hydrogens (tertiary/aromatic N) is 5. The third-order valence-corrected chi connectivity index (χ3v) is 8.10. The maximum Gasteiger partial charge on any atom is 0.342 e. The molecule has 0 saturated carbocycles. The first-order valence-electron chi connectivity index (χ1n) is 9.53. The van der Waals surface area contributed by atoms with E-state index in [4.69, 9.17) is 4.74 Å². The molecule has 1 saturated heterocycles. The van der Waals surface area contributed by atoms with Crippen LogP contribution in [0.25, 0.3) is 16.2 Å². The minimum Gasteiger partial charge on any atom is -0.376 e. The Kier molecular flexibility index (Phi) is 5.64. The van der Waals surface area contributed by atoms with Gasteiger partial charge in [0, 0.05) is 19.9 Å². The van der Waals surface area contributed by atoms with E-state index in [1.165, 1.54) is 6.92 Å². The Hall–Kier alpha value is -3.11. The van der Waals surface area contributed by atoms with Gasteiger partial charge >= 0.3 is 5.69 Å². The first kappa shape index (κ1) is 24.0. The molecule has 1 aromatic carbocycles. The normalized spacial score (nSPS) is 15.5. The number of imidazole rings is 1. The van der Waals surface area contributed by atoms with Gasteiger partial charge in [-0.3, -0.25) is 9.59 Å². The summed E-state index contributed by atoms with van der Waals surface area (Å²) in [6, 6.07) is 1.40. The van der Waals surface area contributed by atoms with Gasteiger partial charge in [-0.05, 0) is 13.0 Å². The van der Waals surface area contributed by atoms with E-state index in [0.717, 1.165) is 19.9 Å². The van der Waals surface area contributed by atoms with E-state index in [0.29, 0.717) is 30.8 Å². The topological polar surface area (TPSA) is 133 Å². The highest BCUT2D eigenvalue weighted by Gasteiger charge is 2.48. The molecule has 0 unspecified atom stereocenters. The van der Waals surface area contributed by atoms with E-state index in [1.54, 1.807) is 0 Å². The van der Waals surface area contributed by atoms with E-state index in [-0.39, 0.29) is 29.4 Å². The van der Waals surface area contributed by atoms with Crippen LogP contribution < -0.4 is 5.69 Å². The fourth-order valence-electron chi connectivity index (χ4n) is 3.74. The van der Waals surface area contributed by atoms with Crippen molar-refractivity contribution in [3.63, 3.8) is 0 Å². The van der Waals surface area contributed by atoms with Crippen molar-refractivity contribution in [1.29, 1.82) is 0 Å². The Labute approximate surface area is 193 Å². The lowest BCUT2D eigenvalue weighted by Gasteiger charge is -2.45. The molecule has 34 heavy (non-hydrogen) atoms. The molecule has 3 aromatic rings. The van der Waals surface area contributed by atoms with E-state index in [2.05, 4.69) is 10.2 Å². The Morgan fingerprint density at radius 1 is 1.21 bits per heavy atom. The number of alkyl halides is 2. The van der Waals surface area contributed by atoms with Crippen LogP contribution in [0.2, 0.25) is 0 Å². The van der Waals surface area contributed by atoms with E-state index >= 15 is 4.39 Å². The molecule has 3 heterocycles. The first-order valence-corrected chi connectivity index (χ1v) is 11.8. The average molecular weight is 519 g/mol. The molecule has 16 heteroatoms. The summed E-state index contributed by atoms with van der Waals surface area (Å²) < 4.78 is 74.7. The minimum atomic E-state index is -4.81. The second kappa shape index (κ2) is 7.99.